The van der Waals surface area contributed by atoms with E-state index in [0.717, 1.165) is 22.3 Å². The Morgan fingerprint density at radius 3 is 2.35 bits per heavy atom. The van der Waals surface area contributed by atoms with E-state index >= 15 is 0 Å². The molecular weight excluding hydrogens is 293 g/mol. The number of benzene rings is 2. The zero-order valence-electron chi connectivity index (χ0n) is 11.7. The van der Waals surface area contributed by atoms with Crippen LogP contribution in [0.2, 0.25) is 10.0 Å². The van der Waals surface area contributed by atoms with Crippen molar-refractivity contribution in [1.82, 2.24) is 0 Å². The molecular formula is C16H17Cl2NO. The van der Waals surface area contributed by atoms with Crippen molar-refractivity contribution >= 4 is 23.2 Å². The van der Waals surface area contributed by atoms with Gasteiger partial charge in [0.15, 0.2) is 0 Å². The molecule has 0 spiro atoms. The van der Waals surface area contributed by atoms with Gasteiger partial charge < -0.3 is 10.5 Å². The molecule has 0 aliphatic carbocycles. The number of hydrogen-bond donors (Lipinski definition) is 1. The maximum absolute atomic E-state index is 6.36. The van der Waals surface area contributed by atoms with Gasteiger partial charge in [0.05, 0.1) is 18.2 Å². The first-order chi connectivity index (χ1) is 9.43. The summed E-state index contributed by atoms with van der Waals surface area (Å²) in [6, 6.07) is 9.36. The van der Waals surface area contributed by atoms with Crippen LogP contribution >= 0.6 is 23.2 Å². The Labute approximate surface area is 129 Å². The molecule has 2 N–H and O–H groups in total. The smallest absolute Gasteiger partial charge is 0.138 e. The van der Waals surface area contributed by atoms with Crippen molar-refractivity contribution in [3.8, 4) is 5.75 Å². The van der Waals surface area contributed by atoms with Crippen molar-refractivity contribution in [3.63, 3.8) is 0 Å². The molecule has 0 heterocycles. The summed E-state index contributed by atoms with van der Waals surface area (Å²) in [7, 11) is 1.56. The van der Waals surface area contributed by atoms with Crippen molar-refractivity contribution in [3.05, 3.63) is 62.6 Å². The number of rotatable bonds is 3. The molecule has 1 unspecified atom stereocenters. The average Bonchev–Trinajstić information content (AvgIpc) is 2.42. The lowest BCUT2D eigenvalue weighted by molar-refractivity contribution is 0.415. The van der Waals surface area contributed by atoms with Crippen LogP contribution in [0, 0.1) is 13.8 Å². The highest BCUT2D eigenvalue weighted by atomic mass is 35.5. The van der Waals surface area contributed by atoms with Gasteiger partial charge in [0.2, 0.25) is 0 Å². The van der Waals surface area contributed by atoms with Gasteiger partial charge >= 0.3 is 0 Å². The summed E-state index contributed by atoms with van der Waals surface area (Å²) >= 11 is 12.5. The maximum Gasteiger partial charge on any atom is 0.138 e. The molecule has 0 bridgehead atoms. The van der Waals surface area contributed by atoms with E-state index in [0.29, 0.717) is 15.8 Å². The van der Waals surface area contributed by atoms with Crippen LogP contribution in [0.5, 0.6) is 5.75 Å². The predicted octanol–water partition coefficient (Wildman–Crippen LogP) is 4.67. The van der Waals surface area contributed by atoms with E-state index in [1.165, 1.54) is 0 Å². The van der Waals surface area contributed by atoms with Crippen LogP contribution in [0.15, 0.2) is 30.3 Å². The van der Waals surface area contributed by atoms with E-state index in [9.17, 15) is 0 Å². The fourth-order valence-corrected chi connectivity index (χ4v) is 2.72. The molecule has 0 saturated carbocycles. The standard InChI is InChI=1S/C16H17Cl2NO/c1-9-4-5-10(2)11(6-9)16(19)12-7-14(18)15(20-3)8-13(12)17/h4-8,16H,19H2,1-3H3. The third-order valence-corrected chi connectivity index (χ3v) is 4.00. The molecule has 2 aromatic rings. The number of ether oxygens (including phenoxy) is 1. The first kappa shape index (κ1) is 15.2. The van der Waals surface area contributed by atoms with Crippen LogP contribution in [0.3, 0.4) is 0 Å². The lowest BCUT2D eigenvalue weighted by Crippen LogP contribution is -2.14. The van der Waals surface area contributed by atoms with Crippen LogP contribution in [0.4, 0.5) is 0 Å². The van der Waals surface area contributed by atoms with E-state index < -0.39 is 0 Å². The van der Waals surface area contributed by atoms with Gasteiger partial charge in [0, 0.05) is 11.1 Å². The van der Waals surface area contributed by atoms with Crippen molar-refractivity contribution < 1.29 is 4.74 Å². The highest BCUT2D eigenvalue weighted by molar-refractivity contribution is 6.34. The van der Waals surface area contributed by atoms with Crippen molar-refractivity contribution in [1.29, 1.82) is 0 Å². The van der Waals surface area contributed by atoms with E-state index in [2.05, 4.69) is 18.2 Å². The number of hydrogen-bond acceptors (Lipinski definition) is 2. The summed E-state index contributed by atoms with van der Waals surface area (Å²) in [5, 5.41) is 1.06. The number of nitrogens with two attached hydrogens (primary N) is 1. The molecule has 0 radical (unpaired) electrons. The molecule has 0 saturated heterocycles. The van der Waals surface area contributed by atoms with E-state index in [1.807, 2.05) is 13.8 Å². The van der Waals surface area contributed by atoms with Gasteiger partial charge in [0.1, 0.15) is 5.75 Å². The Balaban J connectivity index is 2.50. The quantitative estimate of drug-likeness (QED) is 0.894. The third kappa shape index (κ3) is 2.93. The molecule has 0 aliphatic rings. The van der Waals surface area contributed by atoms with Gasteiger partial charge in [-0.05, 0) is 36.6 Å². The molecule has 106 valence electrons. The molecule has 2 aromatic carbocycles. The predicted molar refractivity (Wildman–Crippen MR) is 85.0 cm³/mol. The van der Waals surface area contributed by atoms with Gasteiger partial charge in [0.25, 0.3) is 0 Å². The first-order valence-electron chi connectivity index (χ1n) is 6.29. The second-order valence-electron chi connectivity index (χ2n) is 4.85. The zero-order valence-corrected chi connectivity index (χ0v) is 13.2. The molecule has 2 nitrogen and oxygen atoms in total. The Morgan fingerprint density at radius 1 is 1.00 bits per heavy atom. The van der Waals surface area contributed by atoms with Crippen LogP contribution < -0.4 is 10.5 Å². The fourth-order valence-electron chi connectivity index (χ4n) is 2.20. The zero-order chi connectivity index (χ0) is 14.9. The number of halogens is 2. The average molecular weight is 310 g/mol. The molecule has 20 heavy (non-hydrogen) atoms. The molecule has 0 fully saturated rings. The van der Waals surface area contributed by atoms with Gasteiger partial charge in [-0.25, -0.2) is 0 Å². The third-order valence-electron chi connectivity index (χ3n) is 3.38. The molecule has 0 aliphatic heterocycles. The Hall–Kier alpha value is -1.22. The van der Waals surface area contributed by atoms with Gasteiger partial charge in [-0.2, -0.15) is 0 Å². The lowest BCUT2D eigenvalue weighted by Gasteiger charge is -2.18. The minimum absolute atomic E-state index is 0.314. The van der Waals surface area contributed by atoms with Crippen LogP contribution in [-0.2, 0) is 0 Å². The SMILES string of the molecule is COc1cc(Cl)c(C(N)c2cc(C)ccc2C)cc1Cl. The van der Waals surface area contributed by atoms with Gasteiger partial charge in [-0.15, -0.1) is 0 Å². The first-order valence-corrected chi connectivity index (χ1v) is 7.05. The monoisotopic (exact) mass is 309 g/mol. The van der Waals surface area contributed by atoms with E-state index in [4.69, 9.17) is 33.7 Å². The summed E-state index contributed by atoms with van der Waals surface area (Å²) in [6.07, 6.45) is 0. The summed E-state index contributed by atoms with van der Waals surface area (Å²) in [6.45, 7) is 4.08. The highest BCUT2D eigenvalue weighted by Crippen LogP contribution is 2.36. The Kier molecular flexibility index (Phi) is 4.59. The minimum Gasteiger partial charge on any atom is -0.495 e. The highest BCUT2D eigenvalue weighted by Gasteiger charge is 2.17. The summed E-state index contributed by atoms with van der Waals surface area (Å²) in [5.74, 6) is 0.550. The van der Waals surface area contributed by atoms with Gasteiger partial charge in [-0.1, -0.05) is 47.0 Å². The molecule has 4 heteroatoms. The second-order valence-corrected chi connectivity index (χ2v) is 5.66. The summed E-state index contributed by atoms with van der Waals surface area (Å²) in [4.78, 5) is 0. The van der Waals surface area contributed by atoms with Crippen LogP contribution in [0.1, 0.15) is 28.3 Å². The number of methoxy groups -OCH3 is 1. The molecule has 2 rings (SSSR count). The van der Waals surface area contributed by atoms with E-state index in [1.54, 1.807) is 19.2 Å². The van der Waals surface area contributed by atoms with Crippen LogP contribution in [-0.4, -0.2) is 7.11 Å². The minimum atomic E-state index is -0.314. The van der Waals surface area contributed by atoms with Gasteiger partial charge in [-0.3, -0.25) is 0 Å². The second kappa shape index (κ2) is 6.04. The maximum atomic E-state index is 6.36. The summed E-state index contributed by atoms with van der Waals surface area (Å²) in [5.41, 5.74) is 10.5. The molecule has 1 atom stereocenters. The van der Waals surface area contributed by atoms with E-state index in [-0.39, 0.29) is 6.04 Å². The largest absolute Gasteiger partial charge is 0.495 e. The molecule has 0 amide bonds. The lowest BCUT2D eigenvalue weighted by atomic mass is 9.94. The van der Waals surface area contributed by atoms with Crippen molar-refractivity contribution in [2.24, 2.45) is 5.73 Å². The topological polar surface area (TPSA) is 35.2 Å². The number of aryl methyl sites for hydroxylation is 2. The Bertz CT molecular complexity index is 641. The summed E-state index contributed by atoms with van der Waals surface area (Å²) < 4.78 is 5.15. The van der Waals surface area contributed by atoms with Crippen molar-refractivity contribution in [2.45, 2.75) is 19.9 Å². The van der Waals surface area contributed by atoms with Crippen molar-refractivity contribution in [2.75, 3.05) is 7.11 Å². The Morgan fingerprint density at radius 2 is 1.70 bits per heavy atom. The van der Waals surface area contributed by atoms with Crippen LogP contribution in [0.25, 0.3) is 0 Å². The fraction of sp³-hybridized carbons (Fsp3) is 0.250. The normalized spacial score (nSPS) is 12.3. The molecule has 0 aromatic heterocycles.